The van der Waals surface area contributed by atoms with Crippen molar-refractivity contribution in [2.75, 3.05) is 5.32 Å². The van der Waals surface area contributed by atoms with Crippen LogP contribution in [0.3, 0.4) is 0 Å². The molecule has 2 unspecified atom stereocenters. The van der Waals surface area contributed by atoms with Gasteiger partial charge in [0.2, 0.25) is 0 Å². The van der Waals surface area contributed by atoms with E-state index >= 15 is 0 Å². The summed E-state index contributed by atoms with van der Waals surface area (Å²) in [4.78, 5) is 0. The summed E-state index contributed by atoms with van der Waals surface area (Å²) in [6, 6.07) is 8.88. The van der Waals surface area contributed by atoms with Gasteiger partial charge in [0.05, 0.1) is 11.3 Å². The molecule has 0 saturated heterocycles. The molecule has 1 N–H and O–H groups in total. The minimum Gasteiger partial charge on any atom is -0.381 e. The van der Waals surface area contributed by atoms with Gasteiger partial charge in [0.15, 0.2) is 0 Å². The molecule has 90 valence electrons. The summed E-state index contributed by atoms with van der Waals surface area (Å²) in [5, 5.41) is 12.7. The topological polar surface area (TPSA) is 35.8 Å². The number of hydrogen-bond donors (Lipinski definition) is 1. The normalized spacial score (nSPS) is 23.4. The highest BCUT2D eigenvalue weighted by Gasteiger charge is 2.23. The highest BCUT2D eigenvalue weighted by Crippen LogP contribution is 2.31. The first-order valence-electron chi connectivity index (χ1n) is 6.50. The monoisotopic (exact) mass is 228 g/mol. The molecule has 1 aliphatic carbocycles. The Hall–Kier alpha value is -1.49. The molecule has 0 bridgehead atoms. The van der Waals surface area contributed by atoms with Gasteiger partial charge in [-0.25, -0.2) is 0 Å². The summed E-state index contributed by atoms with van der Waals surface area (Å²) < 4.78 is 0. The van der Waals surface area contributed by atoms with Gasteiger partial charge >= 0.3 is 0 Å². The third-order valence-electron chi connectivity index (χ3n) is 3.86. The second kappa shape index (κ2) is 5.23. The zero-order valence-corrected chi connectivity index (χ0v) is 10.7. The van der Waals surface area contributed by atoms with Crippen LogP contribution in [0.15, 0.2) is 18.2 Å². The third-order valence-corrected chi connectivity index (χ3v) is 3.86. The van der Waals surface area contributed by atoms with E-state index in [9.17, 15) is 5.26 Å². The molecule has 2 atom stereocenters. The highest BCUT2D eigenvalue weighted by molar-refractivity contribution is 5.61. The number of nitrogens with zero attached hydrogens (tertiary/aromatic N) is 1. The van der Waals surface area contributed by atoms with Crippen LogP contribution in [0, 0.1) is 24.2 Å². The van der Waals surface area contributed by atoms with Crippen LogP contribution in [-0.2, 0) is 0 Å². The number of nitriles is 1. The van der Waals surface area contributed by atoms with Crippen molar-refractivity contribution in [2.24, 2.45) is 5.92 Å². The van der Waals surface area contributed by atoms with E-state index in [1.165, 1.54) is 25.7 Å². The number of anilines is 1. The smallest absolute Gasteiger partial charge is 0.102 e. The van der Waals surface area contributed by atoms with E-state index in [-0.39, 0.29) is 0 Å². The van der Waals surface area contributed by atoms with Crippen LogP contribution in [-0.4, -0.2) is 6.04 Å². The lowest BCUT2D eigenvalue weighted by molar-refractivity contribution is 0.525. The van der Waals surface area contributed by atoms with E-state index in [4.69, 9.17) is 0 Å². The summed E-state index contributed by atoms with van der Waals surface area (Å²) in [5.74, 6) is 0.864. The Morgan fingerprint density at radius 3 is 2.88 bits per heavy atom. The Balaban J connectivity index is 2.10. The van der Waals surface area contributed by atoms with Crippen molar-refractivity contribution >= 4 is 5.69 Å². The lowest BCUT2D eigenvalue weighted by Gasteiger charge is -2.16. The van der Waals surface area contributed by atoms with Gasteiger partial charge in [0, 0.05) is 6.04 Å². The third kappa shape index (κ3) is 2.61. The van der Waals surface area contributed by atoms with Gasteiger partial charge in [-0.1, -0.05) is 25.5 Å². The molecule has 17 heavy (non-hydrogen) atoms. The maximum absolute atomic E-state index is 9.18. The minimum atomic E-state index is 0.550. The molecule has 1 saturated carbocycles. The second-order valence-corrected chi connectivity index (χ2v) is 5.04. The van der Waals surface area contributed by atoms with Crippen LogP contribution < -0.4 is 5.32 Å². The van der Waals surface area contributed by atoms with E-state index in [1.807, 2.05) is 25.1 Å². The molecule has 1 aromatic carbocycles. The molecular formula is C15H20N2. The standard InChI is InChI=1S/C15H20N2/c1-3-12-7-8-13(9-12)17-15-6-4-5-11(2)14(15)10-16/h4-6,12-13,17H,3,7-9H2,1-2H3. The van der Waals surface area contributed by atoms with Crippen LogP contribution in [0.25, 0.3) is 0 Å². The van der Waals surface area contributed by atoms with Crippen molar-refractivity contribution in [1.82, 2.24) is 0 Å². The van der Waals surface area contributed by atoms with E-state index in [0.29, 0.717) is 6.04 Å². The lowest BCUT2D eigenvalue weighted by atomic mass is 10.0. The average Bonchev–Trinajstić information content (AvgIpc) is 2.77. The van der Waals surface area contributed by atoms with Crippen LogP contribution >= 0.6 is 0 Å². The molecule has 0 aliphatic heterocycles. The molecule has 0 amide bonds. The molecule has 0 heterocycles. The molecule has 1 fully saturated rings. The molecule has 2 rings (SSSR count). The van der Waals surface area contributed by atoms with Gasteiger partial charge in [-0.15, -0.1) is 0 Å². The first-order valence-corrected chi connectivity index (χ1v) is 6.50. The largest absolute Gasteiger partial charge is 0.381 e. The van der Waals surface area contributed by atoms with Crippen molar-refractivity contribution < 1.29 is 0 Å². The molecule has 0 spiro atoms. The maximum Gasteiger partial charge on any atom is 0.102 e. The fourth-order valence-electron chi connectivity index (χ4n) is 2.73. The van der Waals surface area contributed by atoms with E-state index in [2.05, 4.69) is 18.3 Å². The van der Waals surface area contributed by atoms with Crippen LogP contribution in [0.5, 0.6) is 0 Å². The Morgan fingerprint density at radius 1 is 1.41 bits per heavy atom. The van der Waals surface area contributed by atoms with Gasteiger partial charge in [-0.2, -0.15) is 5.26 Å². The predicted molar refractivity (Wildman–Crippen MR) is 70.9 cm³/mol. The minimum absolute atomic E-state index is 0.550. The maximum atomic E-state index is 9.18. The fraction of sp³-hybridized carbons (Fsp3) is 0.533. The molecular weight excluding hydrogens is 208 g/mol. The summed E-state index contributed by atoms with van der Waals surface area (Å²) in [6.45, 7) is 4.26. The van der Waals surface area contributed by atoms with Gasteiger partial charge in [-0.05, 0) is 43.7 Å². The molecule has 2 nitrogen and oxygen atoms in total. The Bertz CT molecular complexity index is 431. The van der Waals surface area contributed by atoms with Crippen molar-refractivity contribution in [3.63, 3.8) is 0 Å². The second-order valence-electron chi connectivity index (χ2n) is 5.04. The fourth-order valence-corrected chi connectivity index (χ4v) is 2.73. The zero-order valence-electron chi connectivity index (χ0n) is 10.7. The molecule has 0 aromatic heterocycles. The van der Waals surface area contributed by atoms with Crippen LogP contribution in [0.4, 0.5) is 5.69 Å². The molecule has 1 aliphatic rings. The highest BCUT2D eigenvalue weighted by atomic mass is 14.9. The summed E-state index contributed by atoms with van der Waals surface area (Å²) >= 11 is 0. The van der Waals surface area contributed by atoms with Crippen molar-refractivity contribution in [2.45, 2.75) is 45.6 Å². The first-order chi connectivity index (χ1) is 8.24. The van der Waals surface area contributed by atoms with E-state index in [0.717, 1.165) is 22.7 Å². The lowest BCUT2D eigenvalue weighted by Crippen LogP contribution is -2.16. The Kier molecular flexibility index (Phi) is 3.68. The molecule has 2 heteroatoms. The molecule has 0 radical (unpaired) electrons. The predicted octanol–water partition coefficient (Wildman–Crippen LogP) is 3.86. The quantitative estimate of drug-likeness (QED) is 0.852. The van der Waals surface area contributed by atoms with Gasteiger partial charge < -0.3 is 5.32 Å². The molecule has 1 aromatic rings. The van der Waals surface area contributed by atoms with E-state index < -0.39 is 0 Å². The average molecular weight is 228 g/mol. The number of nitrogens with one attached hydrogen (secondary N) is 1. The number of hydrogen-bond acceptors (Lipinski definition) is 2. The number of aryl methyl sites for hydroxylation is 1. The Labute approximate surface area is 104 Å². The van der Waals surface area contributed by atoms with Crippen molar-refractivity contribution in [1.29, 1.82) is 5.26 Å². The summed E-state index contributed by atoms with van der Waals surface area (Å²) in [6.07, 6.45) is 5.08. The van der Waals surface area contributed by atoms with Gasteiger partial charge in [0.1, 0.15) is 6.07 Å². The van der Waals surface area contributed by atoms with Crippen LogP contribution in [0.1, 0.15) is 43.7 Å². The number of rotatable bonds is 3. The van der Waals surface area contributed by atoms with Gasteiger partial charge in [-0.3, -0.25) is 0 Å². The van der Waals surface area contributed by atoms with Crippen LogP contribution in [0.2, 0.25) is 0 Å². The summed E-state index contributed by atoms with van der Waals surface area (Å²) in [5.41, 5.74) is 2.87. The zero-order chi connectivity index (χ0) is 12.3. The van der Waals surface area contributed by atoms with Gasteiger partial charge in [0.25, 0.3) is 0 Å². The van der Waals surface area contributed by atoms with Crippen molar-refractivity contribution in [3.05, 3.63) is 29.3 Å². The first kappa shape index (κ1) is 12.0. The SMILES string of the molecule is CCC1CCC(Nc2cccc(C)c2C#N)C1. The van der Waals surface area contributed by atoms with Crippen molar-refractivity contribution in [3.8, 4) is 6.07 Å². The summed E-state index contributed by atoms with van der Waals surface area (Å²) in [7, 11) is 0. The Morgan fingerprint density at radius 2 is 2.24 bits per heavy atom. The number of benzene rings is 1. The van der Waals surface area contributed by atoms with E-state index in [1.54, 1.807) is 0 Å².